The molecule has 0 aliphatic heterocycles. The van der Waals surface area contributed by atoms with Gasteiger partial charge in [-0.1, -0.05) is 18.1 Å². The number of nitrogens with zero attached hydrogens (tertiary/aromatic N) is 6. The summed E-state index contributed by atoms with van der Waals surface area (Å²) in [5.74, 6) is 0.835. The van der Waals surface area contributed by atoms with Gasteiger partial charge in [-0.25, -0.2) is 9.48 Å². The molecule has 1 aliphatic rings. The molecule has 1 amide bonds. The summed E-state index contributed by atoms with van der Waals surface area (Å²) in [6.45, 7) is 1.83. The van der Waals surface area contributed by atoms with Crippen molar-refractivity contribution >= 4 is 5.91 Å². The van der Waals surface area contributed by atoms with Crippen LogP contribution in [0.3, 0.4) is 0 Å². The number of carbonyl (C=O) groups excluding carboxylic acids is 1. The molecule has 0 radical (unpaired) electrons. The van der Waals surface area contributed by atoms with Gasteiger partial charge in [0.1, 0.15) is 5.82 Å². The Labute approximate surface area is 146 Å². The van der Waals surface area contributed by atoms with Gasteiger partial charge in [0.25, 0.3) is 5.91 Å². The summed E-state index contributed by atoms with van der Waals surface area (Å²) in [6, 6.07) is 0.0553. The third kappa shape index (κ3) is 3.35. The minimum atomic E-state index is -0.183. The Morgan fingerprint density at radius 1 is 1.20 bits per heavy atom. The number of carbonyl (C=O) groups is 1. The fraction of sp³-hybridized carbons (Fsp3) is 0.688. The van der Waals surface area contributed by atoms with E-state index >= 15 is 0 Å². The maximum atomic E-state index is 12.6. The van der Waals surface area contributed by atoms with Crippen LogP contribution in [0.25, 0.3) is 0 Å². The predicted octanol–water partition coefficient (Wildman–Crippen LogP) is 0.0870. The first kappa shape index (κ1) is 17.4. The molecule has 0 saturated heterocycles. The van der Waals surface area contributed by atoms with Crippen molar-refractivity contribution in [2.75, 3.05) is 0 Å². The van der Waals surface area contributed by atoms with E-state index in [9.17, 15) is 9.59 Å². The lowest BCUT2D eigenvalue weighted by Gasteiger charge is -2.31. The zero-order valence-corrected chi connectivity index (χ0v) is 15.2. The second-order valence-electron chi connectivity index (χ2n) is 6.86. The normalized spacial score (nSPS) is 20.6. The van der Waals surface area contributed by atoms with Crippen LogP contribution in [0.2, 0.25) is 0 Å². The molecule has 1 N–H and O–H groups in total. The van der Waals surface area contributed by atoms with Crippen LogP contribution in [-0.2, 0) is 27.6 Å². The van der Waals surface area contributed by atoms with E-state index in [1.807, 2.05) is 6.92 Å². The zero-order valence-electron chi connectivity index (χ0n) is 15.2. The molecule has 2 aromatic heterocycles. The number of aryl methyl sites for hydroxylation is 2. The molecule has 0 spiro atoms. The first-order valence-electron chi connectivity index (χ1n) is 8.64. The van der Waals surface area contributed by atoms with Crippen molar-refractivity contribution in [2.24, 2.45) is 27.1 Å². The highest BCUT2D eigenvalue weighted by molar-refractivity contribution is 5.93. The topological polar surface area (TPSA) is 99.6 Å². The van der Waals surface area contributed by atoms with Crippen molar-refractivity contribution in [1.29, 1.82) is 0 Å². The lowest BCUT2D eigenvalue weighted by atomic mass is 9.82. The predicted molar refractivity (Wildman–Crippen MR) is 91.1 cm³/mol. The summed E-state index contributed by atoms with van der Waals surface area (Å²) in [4.78, 5) is 24.5. The Hall–Kier alpha value is -2.45. The summed E-state index contributed by atoms with van der Waals surface area (Å²) < 4.78 is 4.53. The second kappa shape index (κ2) is 6.81. The van der Waals surface area contributed by atoms with Gasteiger partial charge in [-0.2, -0.15) is 5.10 Å². The van der Waals surface area contributed by atoms with E-state index in [1.54, 1.807) is 30.4 Å². The molecule has 2 aromatic rings. The average molecular weight is 347 g/mol. The first-order chi connectivity index (χ1) is 11.9. The summed E-state index contributed by atoms with van der Waals surface area (Å²) >= 11 is 0. The molecule has 2 heterocycles. The van der Waals surface area contributed by atoms with E-state index in [1.165, 1.54) is 4.68 Å². The Kier molecular flexibility index (Phi) is 4.73. The Morgan fingerprint density at radius 2 is 1.92 bits per heavy atom. The highest BCUT2D eigenvalue weighted by Crippen LogP contribution is 2.27. The Bertz CT molecular complexity index is 832. The monoisotopic (exact) mass is 347 g/mol. The number of aromatic nitrogens is 6. The first-order valence-corrected chi connectivity index (χ1v) is 8.64. The van der Waals surface area contributed by atoms with E-state index in [-0.39, 0.29) is 23.6 Å². The standard InChI is InChI=1S/C16H25N7O2/c1-10-14(18-20-22(10)3)15(24)17-12-8-6-5-7-11(12)9-13-19-23(4)16(25)21(13)2/h11-12H,5-9H2,1-4H3,(H,17,24)/t11-,12-/m1/s1. The van der Waals surface area contributed by atoms with Crippen molar-refractivity contribution in [3.63, 3.8) is 0 Å². The molecule has 2 atom stereocenters. The molecular formula is C16H25N7O2. The summed E-state index contributed by atoms with van der Waals surface area (Å²) in [5.41, 5.74) is 0.996. The van der Waals surface area contributed by atoms with Crippen molar-refractivity contribution in [3.05, 3.63) is 27.7 Å². The lowest BCUT2D eigenvalue weighted by Crippen LogP contribution is -2.43. The minimum Gasteiger partial charge on any atom is -0.348 e. The molecule has 0 unspecified atom stereocenters. The fourth-order valence-electron chi connectivity index (χ4n) is 3.52. The summed E-state index contributed by atoms with van der Waals surface area (Å²) in [6.07, 6.45) is 4.83. The maximum Gasteiger partial charge on any atom is 0.345 e. The van der Waals surface area contributed by atoms with Crippen molar-refractivity contribution < 1.29 is 4.79 Å². The van der Waals surface area contributed by atoms with Crippen LogP contribution >= 0.6 is 0 Å². The third-order valence-corrected chi connectivity index (χ3v) is 5.21. The van der Waals surface area contributed by atoms with Crippen molar-refractivity contribution in [3.8, 4) is 0 Å². The molecule has 0 bridgehead atoms. The van der Waals surface area contributed by atoms with Crippen LogP contribution < -0.4 is 11.0 Å². The molecule has 0 aromatic carbocycles. The van der Waals surface area contributed by atoms with Gasteiger partial charge in [-0.05, 0) is 25.7 Å². The van der Waals surface area contributed by atoms with E-state index in [0.29, 0.717) is 12.1 Å². The number of hydrogen-bond donors (Lipinski definition) is 1. The fourth-order valence-corrected chi connectivity index (χ4v) is 3.52. The third-order valence-electron chi connectivity index (χ3n) is 5.21. The number of nitrogens with one attached hydrogen (secondary N) is 1. The largest absolute Gasteiger partial charge is 0.348 e. The summed E-state index contributed by atoms with van der Waals surface area (Å²) in [7, 11) is 5.16. The van der Waals surface area contributed by atoms with E-state index in [2.05, 4.69) is 20.7 Å². The quantitative estimate of drug-likeness (QED) is 0.845. The number of amides is 1. The van der Waals surface area contributed by atoms with Gasteiger partial charge in [0.2, 0.25) is 0 Å². The van der Waals surface area contributed by atoms with Crippen LogP contribution in [-0.4, -0.2) is 41.3 Å². The minimum absolute atomic E-state index is 0.0553. The average Bonchev–Trinajstić information content (AvgIpc) is 3.04. The molecular weight excluding hydrogens is 322 g/mol. The van der Waals surface area contributed by atoms with Crippen LogP contribution in [0.5, 0.6) is 0 Å². The second-order valence-corrected chi connectivity index (χ2v) is 6.86. The van der Waals surface area contributed by atoms with Gasteiger partial charge in [0, 0.05) is 33.6 Å². The molecule has 136 valence electrons. The van der Waals surface area contributed by atoms with Gasteiger partial charge in [-0.15, -0.1) is 5.10 Å². The van der Waals surface area contributed by atoms with Gasteiger partial charge in [0.15, 0.2) is 5.69 Å². The zero-order chi connectivity index (χ0) is 18.1. The molecule has 1 fully saturated rings. The highest BCUT2D eigenvalue weighted by Gasteiger charge is 2.29. The van der Waals surface area contributed by atoms with Crippen molar-refractivity contribution in [1.82, 2.24) is 34.7 Å². The Morgan fingerprint density at radius 3 is 2.52 bits per heavy atom. The van der Waals surface area contributed by atoms with Gasteiger partial charge < -0.3 is 5.32 Å². The molecule has 9 nitrogen and oxygen atoms in total. The molecule has 3 rings (SSSR count). The van der Waals surface area contributed by atoms with E-state index in [0.717, 1.165) is 37.2 Å². The number of rotatable bonds is 4. The van der Waals surface area contributed by atoms with Gasteiger partial charge in [0.05, 0.1) is 5.69 Å². The van der Waals surface area contributed by atoms with Crippen LogP contribution in [0.15, 0.2) is 4.79 Å². The summed E-state index contributed by atoms with van der Waals surface area (Å²) in [5, 5.41) is 15.3. The molecule has 9 heteroatoms. The van der Waals surface area contributed by atoms with Crippen LogP contribution in [0.1, 0.15) is 47.7 Å². The Balaban J connectivity index is 1.74. The van der Waals surface area contributed by atoms with Crippen molar-refractivity contribution in [2.45, 2.75) is 45.1 Å². The van der Waals surface area contributed by atoms with Crippen LogP contribution in [0.4, 0.5) is 0 Å². The van der Waals surface area contributed by atoms with E-state index < -0.39 is 0 Å². The smallest absolute Gasteiger partial charge is 0.345 e. The molecule has 1 aliphatic carbocycles. The van der Waals surface area contributed by atoms with Gasteiger partial charge in [-0.3, -0.25) is 14.0 Å². The maximum absolute atomic E-state index is 12.6. The lowest BCUT2D eigenvalue weighted by molar-refractivity contribution is 0.0899. The van der Waals surface area contributed by atoms with Crippen LogP contribution in [0, 0.1) is 12.8 Å². The highest BCUT2D eigenvalue weighted by atomic mass is 16.2. The van der Waals surface area contributed by atoms with Gasteiger partial charge >= 0.3 is 5.69 Å². The van der Waals surface area contributed by atoms with E-state index in [4.69, 9.17) is 0 Å². The SMILES string of the molecule is Cc1c(C(=O)N[C@@H]2CCCC[C@@H]2Cc2nn(C)c(=O)n2C)nnn1C. The molecule has 1 saturated carbocycles. The molecule has 25 heavy (non-hydrogen) atoms. The number of hydrogen-bond acceptors (Lipinski definition) is 5.